The Hall–Kier alpha value is -1.62. The molecule has 0 atom stereocenters. The van der Waals surface area contributed by atoms with Gasteiger partial charge in [-0.2, -0.15) is 0 Å². The van der Waals surface area contributed by atoms with E-state index in [0.29, 0.717) is 5.56 Å². The van der Waals surface area contributed by atoms with Crippen LogP contribution in [0.1, 0.15) is 43.5 Å². The van der Waals surface area contributed by atoms with Gasteiger partial charge >= 0.3 is 0 Å². The standard InChI is InChI=1S/C16H27N3O2/c1-4-10-19(11-5-2)16(20)14-7-8-15(18-13-14)17-9-6-12-21-3/h7-8,13H,4-6,9-12H2,1-3H3,(H,17,18). The summed E-state index contributed by atoms with van der Waals surface area (Å²) in [5, 5.41) is 3.21. The van der Waals surface area contributed by atoms with Crippen LogP contribution in [0.4, 0.5) is 5.82 Å². The Balaban J connectivity index is 2.57. The lowest BCUT2D eigenvalue weighted by Crippen LogP contribution is -2.32. The summed E-state index contributed by atoms with van der Waals surface area (Å²) in [5.74, 6) is 0.859. The van der Waals surface area contributed by atoms with Gasteiger partial charge in [0.15, 0.2) is 0 Å². The molecule has 0 saturated carbocycles. The van der Waals surface area contributed by atoms with Gasteiger partial charge in [-0.1, -0.05) is 13.8 Å². The zero-order valence-corrected chi connectivity index (χ0v) is 13.4. The van der Waals surface area contributed by atoms with Crippen LogP contribution in [0.15, 0.2) is 18.3 Å². The van der Waals surface area contributed by atoms with E-state index in [2.05, 4.69) is 24.1 Å². The molecule has 0 saturated heterocycles. The van der Waals surface area contributed by atoms with Crippen LogP contribution in [0.5, 0.6) is 0 Å². The number of hydrogen-bond donors (Lipinski definition) is 1. The quantitative estimate of drug-likeness (QED) is 0.674. The third-order valence-corrected chi connectivity index (χ3v) is 3.12. The molecule has 1 amide bonds. The molecular formula is C16H27N3O2. The van der Waals surface area contributed by atoms with Crippen molar-refractivity contribution in [1.29, 1.82) is 0 Å². The largest absolute Gasteiger partial charge is 0.385 e. The highest BCUT2D eigenvalue weighted by Crippen LogP contribution is 2.09. The fourth-order valence-electron chi connectivity index (χ4n) is 2.10. The van der Waals surface area contributed by atoms with Crippen molar-refractivity contribution in [2.24, 2.45) is 0 Å². The van der Waals surface area contributed by atoms with Crippen molar-refractivity contribution in [2.75, 3.05) is 38.7 Å². The van der Waals surface area contributed by atoms with Gasteiger partial charge < -0.3 is 15.0 Å². The number of carbonyl (C=O) groups is 1. The van der Waals surface area contributed by atoms with Crippen LogP contribution >= 0.6 is 0 Å². The molecule has 1 heterocycles. The van der Waals surface area contributed by atoms with E-state index in [1.807, 2.05) is 17.0 Å². The lowest BCUT2D eigenvalue weighted by Gasteiger charge is -2.21. The fraction of sp³-hybridized carbons (Fsp3) is 0.625. The molecule has 0 spiro atoms. The van der Waals surface area contributed by atoms with Gasteiger partial charge in [0.1, 0.15) is 5.82 Å². The molecule has 1 aromatic heterocycles. The first-order valence-corrected chi connectivity index (χ1v) is 7.71. The zero-order valence-electron chi connectivity index (χ0n) is 13.4. The number of methoxy groups -OCH3 is 1. The molecular weight excluding hydrogens is 266 g/mol. The Morgan fingerprint density at radius 3 is 2.52 bits per heavy atom. The Labute approximate surface area is 127 Å². The van der Waals surface area contributed by atoms with Crippen molar-refractivity contribution in [3.8, 4) is 0 Å². The lowest BCUT2D eigenvalue weighted by molar-refractivity contribution is 0.0755. The molecule has 1 rings (SSSR count). The molecule has 1 N–H and O–H groups in total. The summed E-state index contributed by atoms with van der Waals surface area (Å²) in [4.78, 5) is 18.6. The normalized spacial score (nSPS) is 10.4. The van der Waals surface area contributed by atoms with E-state index in [4.69, 9.17) is 4.74 Å². The molecule has 0 aliphatic heterocycles. The van der Waals surface area contributed by atoms with E-state index in [0.717, 1.165) is 51.3 Å². The minimum Gasteiger partial charge on any atom is -0.385 e. The summed E-state index contributed by atoms with van der Waals surface area (Å²) < 4.78 is 4.99. The summed E-state index contributed by atoms with van der Waals surface area (Å²) in [5.41, 5.74) is 0.652. The number of aromatic nitrogens is 1. The first-order valence-electron chi connectivity index (χ1n) is 7.71. The Bertz CT molecular complexity index is 400. The van der Waals surface area contributed by atoms with E-state index in [9.17, 15) is 4.79 Å². The average molecular weight is 293 g/mol. The lowest BCUT2D eigenvalue weighted by atomic mass is 10.2. The van der Waals surface area contributed by atoms with Crippen LogP contribution < -0.4 is 5.32 Å². The highest BCUT2D eigenvalue weighted by Gasteiger charge is 2.14. The summed E-state index contributed by atoms with van der Waals surface area (Å²) in [7, 11) is 1.69. The molecule has 0 bridgehead atoms. The minimum absolute atomic E-state index is 0.0668. The molecule has 5 heteroatoms. The van der Waals surface area contributed by atoms with Crippen molar-refractivity contribution in [1.82, 2.24) is 9.88 Å². The molecule has 0 unspecified atom stereocenters. The third-order valence-electron chi connectivity index (χ3n) is 3.12. The highest BCUT2D eigenvalue weighted by atomic mass is 16.5. The number of pyridine rings is 1. The molecule has 118 valence electrons. The van der Waals surface area contributed by atoms with Crippen molar-refractivity contribution in [2.45, 2.75) is 33.1 Å². The van der Waals surface area contributed by atoms with Gasteiger partial charge in [-0.05, 0) is 31.4 Å². The second-order valence-electron chi connectivity index (χ2n) is 5.00. The maximum absolute atomic E-state index is 12.4. The Morgan fingerprint density at radius 2 is 2.00 bits per heavy atom. The number of carbonyl (C=O) groups excluding carboxylic acids is 1. The van der Waals surface area contributed by atoms with Crippen molar-refractivity contribution in [3.63, 3.8) is 0 Å². The molecule has 21 heavy (non-hydrogen) atoms. The van der Waals surface area contributed by atoms with E-state index < -0.39 is 0 Å². The Morgan fingerprint density at radius 1 is 1.29 bits per heavy atom. The van der Waals surface area contributed by atoms with Gasteiger partial charge in [-0.15, -0.1) is 0 Å². The van der Waals surface area contributed by atoms with Crippen molar-refractivity contribution in [3.05, 3.63) is 23.9 Å². The summed E-state index contributed by atoms with van der Waals surface area (Å²) in [6, 6.07) is 3.70. The molecule has 0 aromatic carbocycles. The summed E-state index contributed by atoms with van der Waals surface area (Å²) in [6.07, 6.45) is 4.52. The summed E-state index contributed by atoms with van der Waals surface area (Å²) in [6.45, 7) is 7.30. The van der Waals surface area contributed by atoms with E-state index in [1.165, 1.54) is 0 Å². The van der Waals surface area contributed by atoms with Gasteiger partial charge in [0.25, 0.3) is 5.91 Å². The van der Waals surface area contributed by atoms with Gasteiger partial charge in [0, 0.05) is 39.5 Å². The SMILES string of the molecule is CCCN(CCC)C(=O)c1ccc(NCCCOC)nc1. The zero-order chi connectivity index (χ0) is 15.5. The number of nitrogens with one attached hydrogen (secondary N) is 1. The van der Waals surface area contributed by atoms with Gasteiger partial charge in [-0.25, -0.2) is 4.98 Å². The minimum atomic E-state index is 0.0668. The second-order valence-corrected chi connectivity index (χ2v) is 5.00. The fourth-order valence-corrected chi connectivity index (χ4v) is 2.10. The van der Waals surface area contributed by atoms with E-state index in [1.54, 1.807) is 13.3 Å². The van der Waals surface area contributed by atoms with Gasteiger partial charge in [-0.3, -0.25) is 4.79 Å². The van der Waals surface area contributed by atoms with Crippen LogP contribution in [-0.4, -0.2) is 49.1 Å². The van der Waals surface area contributed by atoms with E-state index >= 15 is 0 Å². The van der Waals surface area contributed by atoms with E-state index in [-0.39, 0.29) is 5.91 Å². The van der Waals surface area contributed by atoms with Crippen molar-refractivity contribution < 1.29 is 9.53 Å². The number of nitrogens with zero attached hydrogens (tertiary/aromatic N) is 2. The predicted molar refractivity (Wildman–Crippen MR) is 85.7 cm³/mol. The van der Waals surface area contributed by atoms with Gasteiger partial charge in [0.05, 0.1) is 5.56 Å². The van der Waals surface area contributed by atoms with Crippen LogP contribution in [0.25, 0.3) is 0 Å². The predicted octanol–water partition coefficient (Wildman–Crippen LogP) is 2.79. The molecule has 0 fully saturated rings. The molecule has 0 aliphatic rings. The Kier molecular flexibility index (Phi) is 8.43. The molecule has 1 aromatic rings. The van der Waals surface area contributed by atoms with Crippen LogP contribution in [0.3, 0.4) is 0 Å². The summed E-state index contributed by atoms with van der Waals surface area (Å²) >= 11 is 0. The maximum Gasteiger partial charge on any atom is 0.255 e. The number of anilines is 1. The van der Waals surface area contributed by atoms with Crippen molar-refractivity contribution >= 4 is 11.7 Å². The number of hydrogen-bond acceptors (Lipinski definition) is 4. The number of ether oxygens (including phenoxy) is 1. The third kappa shape index (κ3) is 6.12. The molecule has 0 radical (unpaired) electrons. The highest BCUT2D eigenvalue weighted by molar-refractivity contribution is 5.94. The number of amides is 1. The topological polar surface area (TPSA) is 54.5 Å². The molecule has 0 aliphatic carbocycles. The second kappa shape index (κ2) is 10.2. The average Bonchev–Trinajstić information content (AvgIpc) is 2.51. The number of rotatable bonds is 10. The maximum atomic E-state index is 12.4. The first kappa shape index (κ1) is 17.4. The molecule has 5 nitrogen and oxygen atoms in total. The first-order chi connectivity index (χ1) is 10.2. The monoisotopic (exact) mass is 293 g/mol. The smallest absolute Gasteiger partial charge is 0.255 e. The van der Waals surface area contributed by atoms with Crippen LogP contribution in [0, 0.1) is 0 Å². The van der Waals surface area contributed by atoms with Crippen LogP contribution in [-0.2, 0) is 4.74 Å². The van der Waals surface area contributed by atoms with Crippen LogP contribution in [0.2, 0.25) is 0 Å². The van der Waals surface area contributed by atoms with Gasteiger partial charge in [0.2, 0.25) is 0 Å².